The third kappa shape index (κ3) is 3.59. The van der Waals surface area contributed by atoms with Gasteiger partial charge in [0.2, 0.25) is 0 Å². The first kappa shape index (κ1) is 18.5. The molecule has 3 aromatic rings. The van der Waals surface area contributed by atoms with Crippen molar-refractivity contribution >= 4 is 22.5 Å². The lowest BCUT2D eigenvalue weighted by Crippen LogP contribution is -2.31. The molecule has 4 rings (SSSR count). The maximum atomic E-state index is 12.7. The Kier molecular flexibility index (Phi) is 4.58. The molecule has 4 nitrogen and oxygen atoms in total. The Labute approximate surface area is 166 Å². The first-order valence-electron chi connectivity index (χ1n) is 9.87. The van der Waals surface area contributed by atoms with Crippen molar-refractivity contribution in [2.45, 2.75) is 52.0 Å². The molecule has 0 unspecified atom stereocenters. The monoisotopic (exact) mass is 373 g/mol. The lowest BCUT2D eigenvalue weighted by atomic mass is 9.85. The Morgan fingerprint density at radius 2 is 1.96 bits per heavy atom. The highest BCUT2D eigenvalue weighted by Gasteiger charge is 2.26. The lowest BCUT2D eigenvalue weighted by molar-refractivity contribution is 0.248. The molecule has 0 bridgehead atoms. The van der Waals surface area contributed by atoms with Gasteiger partial charge in [-0.05, 0) is 54.0 Å². The number of rotatable bonds is 2. The van der Waals surface area contributed by atoms with E-state index in [0.717, 1.165) is 35.0 Å². The van der Waals surface area contributed by atoms with E-state index in [4.69, 9.17) is 0 Å². The predicted octanol–water partition coefficient (Wildman–Crippen LogP) is 5.65. The summed E-state index contributed by atoms with van der Waals surface area (Å²) < 4.78 is 0. The van der Waals surface area contributed by atoms with Crippen LogP contribution in [-0.2, 0) is 11.8 Å². The van der Waals surface area contributed by atoms with E-state index in [1.807, 2.05) is 37.4 Å². The van der Waals surface area contributed by atoms with Crippen molar-refractivity contribution in [1.29, 1.82) is 0 Å². The van der Waals surface area contributed by atoms with Crippen molar-refractivity contribution in [2.75, 3.05) is 5.32 Å². The number of nitrogens with zero attached hydrogens (tertiary/aromatic N) is 1. The van der Waals surface area contributed by atoms with Crippen molar-refractivity contribution < 1.29 is 4.79 Å². The van der Waals surface area contributed by atoms with Crippen LogP contribution in [0.1, 0.15) is 55.6 Å². The number of fused-ring (bicyclic) bond motifs is 2. The van der Waals surface area contributed by atoms with Crippen LogP contribution in [0.2, 0.25) is 0 Å². The second-order valence-electron chi connectivity index (χ2n) is 8.71. The second kappa shape index (κ2) is 6.93. The second-order valence-corrected chi connectivity index (χ2v) is 8.71. The minimum atomic E-state index is -0.167. The molecule has 1 atom stereocenters. The van der Waals surface area contributed by atoms with Gasteiger partial charge in [-0.15, -0.1) is 0 Å². The predicted molar refractivity (Wildman–Crippen MR) is 115 cm³/mol. The van der Waals surface area contributed by atoms with E-state index in [9.17, 15) is 4.79 Å². The molecular formula is C24H27N3O. The third-order valence-electron chi connectivity index (χ3n) is 5.54. The van der Waals surface area contributed by atoms with Crippen molar-refractivity contribution in [3.63, 3.8) is 0 Å². The Morgan fingerprint density at radius 1 is 1.14 bits per heavy atom. The molecular weight excluding hydrogens is 346 g/mol. The Balaban J connectivity index is 1.51. The van der Waals surface area contributed by atoms with Gasteiger partial charge in [0.15, 0.2) is 0 Å². The third-order valence-corrected chi connectivity index (χ3v) is 5.54. The highest BCUT2D eigenvalue weighted by Crippen LogP contribution is 2.34. The topological polar surface area (TPSA) is 54.0 Å². The fraction of sp³-hybridized carbons (Fsp3) is 0.333. The fourth-order valence-electron chi connectivity index (χ4n) is 3.93. The van der Waals surface area contributed by atoms with Crippen LogP contribution in [0.4, 0.5) is 10.5 Å². The molecule has 1 aromatic heterocycles. The van der Waals surface area contributed by atoms with E-state index >= 15 is 0 Å². The summed E-state index contributed by atoms with van der Waals surface area (Å²) in [7, 11) is 0. The summed E-state index contributed by atoms with van der Waals surface area (Å²) in [6.45, 7) is 8.65. The van der Waals surface area contributed by atoms with Gasteiger partial charge in [0.05, 0.1) is 11.7 Å². The zero-order chi connectivity index (χ0) is 19.9. The zero-order valence-electron chi connectivity index (χ0n) is 17.0. The van der Waals surface area contributed by atoms with E-state index in [1.165, 1.54) is 16.7 Å². The van der Waals surface area contributed by atoms with Gasteiger partial charge in [0.1, 0.15) is 0 Å². The minimum absolute atomic E-state index is 0.0578. The van der Waals surface area contributed by atoms with Crippen LogP contribution < -0.4 is 10.6 Å². The van der Waals surface area contributed by atoms with Gasteiger partial charge in [-0.1, -0.05) is 51.1 Å². The summed E-state index contributed by atoms with van der Waals surface area (Å²) >= 11 is 0. The molecule has 0 radical (unpaired) electrons. The van der Waals surface area contributed by atoms with Gasteiger partial charge in [-0.3, -0.25) is 4.98 Å². The van der Waals surface area contributed by atoms with E-state index < -0.39 is 0 Å². The van der Waals surface area contributed by atoms with Crippen molar-refractivity contribution in [3.8, 4) is 0 Å². The van der Waals surface area contributed by atoms with E-state index in [-0.39, 0.29) is 17.5 Å². The van der Waals surface area contributed by atoms with Crippen LogP contribution in [0, 0.1) is 6.92 Å². The van der Waals surface area contributed by atoms with Crippen LogP contribution in [-0.4, -0.2) is 11.0 Å². The van der Waals surface area contributed by atoms with Crippen LogP contribution in [0.3, 0.4) is 0 Å². The maximum Gasteiger partial charge on any atom is 0.319 e. The number of urea groups is 1. The molecule has 1 aliphatic carbocycles. The van der Waals surface area contributed by atoms with Gasteiger partial charge >= 0.3 is 6.03 Å². The number of hydrogen-bond donors (Lipinski definition) is 2. The molecule has 4 heteroatoms. The highest BCUT2D eigenvalue weighted by molar-refractivity contribution is 6.01. The number of benzene rings is 2. The van der Waals surface area contributed by atoms with Gasteiger partial charge in [-0.2, -0.15) is 0 Å². The van der Waals surface area contributed by atoms with E-state index in [2.05, 4.69) is 54.6 Å². The van der Waals surface area contributed by atoms with Gasteiger partial charge in [0, 0.05) is 22.7 Å². The average molecular weight is 374 g/mol. The maximum absolute atomic E-state index is 12.7. The number of carbonyl (C=O) groups excluding carboxylic acids is 1. The molecule has 28 heavy (non-hydrogen) atoms. The normalized spacial score (nSPS) is 16.1. The number of aromatic nitrogens is 1. The van der Waals surface area contributed by atoms with Crippen molar-refractivity contribution in [1.82, 2.24) is 10.3 Å². The first-order valence-corrected chi connectivity index (χ1v) is 9.87. The summed E-state index contributed by atoms with van der Waals surface area (Å²) in [5.74, 6) is 0. The summed E-state index contributed by atoms with van der Waals surface area (Å²) in [5, 5.41) is 8.21. The highest BCUT2D eigenvalue weighted by atomic mass is 16.2. The molecule has 1 aliphatic rings. The lowest BCUT2D eigenvalue weighted by Gasteiger charge is -2.21. The summed E-state index contributed by atoms with van der Waals surface area (Å²) in [6.07, 6.45) is 3.78. The number of aryl methyl sites for hydroxylation is 2. The van der Waals surface area contributed by atoms with Gasteiger partial charge in [-0.25, -0.2) is 4.79 Å². The van der Waals surface area contributed by atoms with Crippen LogP contribution in [0.5, 0.6) is 0 Å². The van der Waals surface area contributed by atoms with Gasteiger partial charge < -0.3 is 10.6 Å². The van der Waals surface area contributed by atoms with Crippen LogP contribution in [0.25, 0.3) is 10.8 Å². The Hall–Kier alpha value is -2.88. The summed E-state index contributed by atoms with van der Waals surface area (Å²) in [6, 6.07) is 14.4. The molecule has 144 valence electrons. The van der Waals surface area contributed by atoms with E-state index in [1.54, 1.807) is 0 Å². The largest absolute Gasteiger partial charge is 0.331 e. The summed E-state index contributed by atoms with van der Waals surface area (Å²) in [4.78, 5) is 17.0. The molecule has 0 fully saturated rings. The average Bonchev–Trinajstić information content (AvgIpc) is 3.03. The number of amides is 2. The quantitative estimate of drug-likeness (QED) is 0.610. The minimum Gasteiger partial charge on any atom is -0.331 e. The van der Waals surface area contributed by atoms with Crippen LogP contribution in [0.15, 0.2) is 48.7 Å². The molecule has 2 N–H and O–H groups in total. The molecule has 0 saturated heterocycles. The Bertz CT molecular complexity index is 1050. The molecule has 1 heterocycles. The van der Waals surface area contributed by atoms with Crippen molar-refractivity contribution in [3.05, 3.63) is 71.0 Å². The standard InChI is InChI=1S/C24H27N3O/c1-15-12-20-17(14-25-15)6-5-7-21(20)26-23(28)27-22-11-8-16-13-18(24(2,3)4)9-10-19(16)22/h5-7,9-10,12-14,22H,8,11H2,1-4H3,(H2,26,27,28)/t22-/m0/s1. The zero-order valence-corrected chi connectivity index (χ0v) is 17.0. The first-order chi connectivity index (χ1) is 13.3. The Morgan fingerprint density at radius 3 is 2.75 bits per heavy atom. The van der Waals surface area contributed by atoms with Crippen LogP contribution >= 0.6 is 0 Å². The molecule has 0 aliphatic heterocycles. The number of carbonyl (C=O) groups is 1. The number of nitrogens with one attached hydrogen (secondary N) is 2. The number of anilines is 1. The SMILES string of the molecule is Cc1cc2c(NC(=O)N[C@H]3CCc4cc(C(C)(C)C)ccc43)cccc2cn1. The van der Waals surface area contributed by atoms with Gasteiger partial charge in [0.25, 0.3) is 0 Å². The molecule has 2 aromatic carbocycles. The number of pyridine rings is 1. The summed E-state index contributed by atoms with van der Waals surface area (Å²) in [5.41, 5.74) is 5.81. The molecule has 2 amide bonds. The smallest absolute Gasteiger partial charge is 0.319 e. The molecule has 0 saturated carbocycles. The fourth-order valence-corrected chi connectivity index (χ4v) is 3.93. The number of hydrogen-bond acceptors (Lipinski definition) is 2. The van der Waals surface area contributed by atoms with E-state index in [0.29, 0.717) is 0 Å². The van der Waals surface area contributed by atoms with Crippen molar-refractivity contribution in [2.24, 2.45) is 0 Å². The molecule has 0 spiro atoms.